The molecular formula is C18H30Si3. The second kappa shape index (κ2) is 9.18. The average molecular weight is 331 g/mol. The molecule has 0 nitrogen and oxygen atoms in total. The van der Waals surface area contributed by atoms with Gasteiger partial charge in [0, 0.05) is 0 Å². The Morgan fingerprint density at radius 3 is 1.00 bits per heavy atom. The van der Waals surface area contributed by atoms with Crippen LogP contribution in [-0.2, 0) is 0 Å². The zero-order valence-electron chi connectivity index (χ0n) is 14.6. The third-order valence-corrected chi connectivity index (χ3v) is 9.05. The molecule has 1 aromatic carbocycles. The van der Waals surface area contributed by atoms with Crippen LogP contribution in [0.3, 0.4) is 0 Å². The van der Waals surface area contributed by atoms with Gasteiger partial charge in [0.2, 0.25) is 0 Å². The van der Waals surface area contributed by atoms with Crippen molar-refractivity contribution in [3.8, 4) is 0 Å². The van der Waals surface area contributed by atoms with E-state index < -0.39 is 0 Å². The summed E-state index contributed by atoms with van der Waals surface area (Å²) in [6, 6.07) is 7.49. The largest absolute Gasteiger partial charge is 0.0975 e. The van der Waals surface area contributed by atoms with Gasteiger partial charge in [-0.05, 0) is 41.5 Å². The standard InChI is InChI=1S/C18H30Si3/c1-13(2)10-19-16-7-17(20-11-14(3)4)9-18(8-16)21-12-15(5)6/h7-12H,19-21H2,1-6H3. The molecule has 0 fully saturated rings. The highest BCUT2D eigenvalue weighted by Gasteiger charge is 2.01. The molecule has 0 bridgehead atoms. The molecule has 0 amide bonds. The lowest BCUT2D eigenvalue weighted by molar-refractivity contribution is 1.41. The predicted octanol–water partition coefficient (Wildman–Crippen LogP) is 0.840. The van der Waals surface area contributed by atoms with Gasteiger partial charge in [0.05, 0.1) is 28.6 Å². The van der Waals surface area contributed by atoms with Crippen molar-refractivity contribution in [2.45, 2.75) is 41.5 Å². The zero-order chi connectivity index (χ0) is 15.8. The Labute approximate surface area is 137 Å². The van der Waals surface area contributed by atoms with Gasteiger partial charge in [-0.2, -0.15) is 0 Å². The summed E-state index contributed by atoms with van der Waals surface area (Å²) in [5.74, 6) is 0. The van der Waals surface area contributed by atoms with Gasteiger partial charge in [-0.15, -0.1) is 0 Å². The Hall–Kier alpha value is -0.909. The van der Waals surface area contributed by atoms with Crippen molar-refractivity contribution in [2.75, 3.05) is 0 Å². The minimum atomic E-state index is -0.233. The zero-order valence-corrected chi connectivity index (χ0v) is 18.8. The SMILES string of the molecule is CC(C)=C[SiH2]c1cc([SiH2]C=C(C)C)cc([SiH2]C=C(C)C)c1. The maximum absolute atomic E-state index is 2.50. The molecule has 0 unspecified atom stereocenters. The summed E-state index contributed by atoms with van der Waals surface area (Å²) >= 11 is 0. The summed E-state index contributed by atoms with van der Waals surface area (Å²) in [6.45, 7) is 13.3. The van der Waals surface area contributed by atoms with E-state index in [0.717, 1.165) is 0 Å². The van der Waals surface area contributed by atoms with Gasteiger partial charge in [0.25, 0.3) is 0 Å². The molecule has 0 atom stereocenters. The second-order valence-corrected chi connectivity index (χ2v) is 11.5. The highest BCUT2D eigenvalue weighted by Crippen LogP contribution is 1.90. The smallest absolute Gasteiger partial charge is 0.0782 e. The Morgan fingerprint density at radius 1 is 0.571 bits per heavy atom. The first-order valence-corrected chi connectivity index (χ1v) is 12.5. The Balaban J connectivity index is 3.03. The van der Waals surface area contributed by atoms with Gasteiger partial charge >= 0.3 is 0 Å². The molecule has 0 aliphatic rings. The van der Waals surface area contributed by atoms with Gasteiger partial charge in [0.1, 0.15) is 0 Å². The van der Waals surface area contributed by atoms with E-state index in [9.17, 15) is 0 Å². The number of benzene rings is 1. The van der Waals surface area contributed by atoms with E-state index in [1.54, 1.807) is 15.6 Å². The second-order valence-electron chi connectivity index (χ2n) is 6.61. The fraction of sp³-hybridized carbons (Fsp3) is 0.333. The lowest BCUT2D eigenvalue weighted by Crippen LogP contribution is -2.31. The quantitative estimate of drug-likeness (QED) is 0.678. The molecule has 1 rings (SSSR count). The lowest BCUT2D eigenvalue weighted by Gasteiger charge is -2.07. The Kier molecular flexibility index (Phi) is 7.93. The summed E-state index contributed by atoms with van der Waals surface area (Å²) in [6.07, 6.45) is 0. The van der Waals surface area contributed by atoms with Crippen LogP contribution in [0.1, 0.15) is 41.5 Å². The fourth-order valence-corrected chi connectivity index (χ4v) is 7.24. The third-order valence-electron chi connectivity index (χ3n) is 3.35. The maximum atomic E-state index is 2.50. The molecule has 1 aromatic rings. The van der Waals surface area contributed by atoms with Crippen molar-refractivity contribution in [3.63, 3.8) is 0 Å². The van der Waals surface area contributed by atoms with Crippen LogP contribution in [0.5, 0.6) is 0 Å². The van der Waals surface area contributed by atoms with Gasteiger partial charge in [-0.3, -0.25) is 0 Å². The van der Waals surface area contributed by atoms with Crippen LogP contribution in [0.4, 0.5) is 0 Å². The summed E-state index contributed by atoms with van der Waals surface area (Å²) in [5.41, 5.74) is 11.8. The predicted molar refractivity (Wildman–Crippen MR) is 109 cm³/mol. The molecule has 0 aliphatic heterocycles. The maximum Gasteiger partial charge on any atom is 0.0782 e. The van der Waals surface area contributed by atoms with Crippen LogP contribution in [0.15, 0.2) is 52.0 Å². The third kappa shape index (κ3) is 8.19. The normalized spacial score (nSPS) is 11.7. The number of allylic oxidation sites excluding steroid dienone is 3. The monoisotopic (exact) mass is 330 g/mol. The number of hydrogen-bond donors (Lipinski definition) is 0. The van der Waals surface area contributed by atoms with Gasteiger partial charge in [-0.1, -0.05) is 67.6 Å². The molecule has 21 heavy (non-hydrogen) atoms. The highest BCUT2D eigenvalue weighted by molar-refractivity contribution is 6.66. The van der Waals surface area contributed by atoms with Gasteiger partial charge in [-0.25, -0.2) is 0 Å². The van der Waals surface area contributed by atoms with E-state index in [-0.39, 0.29) is 28.6 Å². The van der Waals surface area contributed by atoms with Crippen molar-refractivity contribution < 1.29 is 0 Å². The molecule has 0 saturated heterocycles. The fourth-order valence-electron chi connectivity index (χ4n) is 2.16. The van der Waals surface area contributed by atoms with Crippen molar-refractivity contribution >= 4 is 44.1 Å². The van der Waals surface area contributed by atoms with Crippen LogP contribution in [0.2, 0.25) is 0 Å². The summed E-state index contributed by atoms with van der Waals surface area (Å²) in [5, 5.41) is 4.90. The lowest BCUT2D eigenvalue weighted by atomic mass is 10.3. The Bertz CT molecular complexity index is 461. The van der Waals surface area contributed by atoms with Crippen molar-refractivity contribution in [1.29, 1.82) is 0 Å². The summed E-state index contributed by atoms with van der Waals surface area (Å²) in [4.78, 5) is 0. The minimum Gasteiger partial charge on any atom is -0.0975 e. The minimum absolute atomic E-state index is 0.233. The van der Waals surface area contributed by atoms with Gasteiger partial charge < -0.3 is 0 Å². The molecule has 114 valence electrons. The summed E-state index contributed by atoms with van der Waals surface area (Å²) in [7, 11) is -0.700. The van der Waals surface area contributed by atoms with Crippen LogP contribution >= 0.6 is 0 Å². The van der Waals surface area contributed by atoms with Crippen molar-refractivity contribution in [1.82, 2.24) is 0 Å². The molecule has 0 N–H and O–H groups in total. The average Bonchev–Trinajstić information content (AvgIpc) is 2.40. The molecule has 0 radical (unpaired) electrons. The molecule has 0 spiro atoms. The number of rotatable bonds is 6. The highest BCUT2D eigenvalue weighted by atomic mass is 28.2. The summed E-state index contributed by atoms with van der Waals surface area (Å²) < 4.78 is 0. The number of hydrogen-bond acceptors (Lipinski definition) is 0. The van der Waals surface area contributed by atoms with E-state index in [0.29, 0.717) is 0 Å². The first kappa shape index (κ1) is 18.1. The molecule has 0 aromatic heterocycles. The topological polar surface area (TPSA) is 0 Å². The van der Waals surface area contributed by atoms with Gasteiger partial charge in [0.15, 0.2) is 0 Å². The van der Waals surface area contributed by atoms with Crippen LogP contribution in [0.25, 0.3) is 0 Å². The van der Waals surface area contributed by atoms with E-state index in [1.807, 2.05) is 0 Å². The molecule has 0 saturated carbocycles. The molecule has 3 heteroatoms. The molecule has 0 heterocycles. The first-order valence-electron chi connectivity index (χ1n) is 7.88. The van der Waals surface area contributed by atoms with Crippen molar-refractivity contribution in [2.24, 2.45) is 0 Å². The van der Waals surface area contributed by atoms with Crippen LogP contribution in [-0.4, -0.2) is 28.6 Å². The van der Waals surface area contributed by atoms with Crippen LogP contribution in [0, 0.1) is 0 Å². The van der Waals surface area contributed by atoms with E-state index in [4.69, 9.17) is 0 Å². The first-order chi connectivity index (χ1) is 9.86. The Morgan fingerprint density at radius 2 is 0.810 bits per heavy atom. The van der Waals surface area contributed by atoms with Crippen molar-refractivity contribution in [3.05, 3.63) is 52.0 Å². The van der Waals surface area contributed by atoms with E-state index in [2.05, 4.69) is 76.8 Å². The molecular weight excluding hydrogens is 300 g/mol. The van der Waals surface area contributed by atoms with E-state index >= 15 is 0 Å². The molecule has 0 aliphatic carbocycles. The van der Waals surface area contributed by atoms with Crippen LogP contribution < -0.4 is 15.6 Å². The van der Waals surface area contributed by atoms with E-state index in [1.165, 1.54) is 16.7 Å².